The number of carbonyl (C=O) groups is 1. The summed E-state index contributed by atoms with van der Waals surface area (Å²) in [5.74, 6) is -0.367. The van der Waals surface area contributed by atoms with Crippen molar-refractivity contribution in [2.24, 2.45) is 0 Å². The first-order valence-electron chi connectivity index (χ1n) is 5.73. The van der Waals surface area contributed by atoms with E-state index in [1.54, 1.807) is 12.3 Å². The zero-order valence-electron chi connectivity index (χ0n) is 10.7. The summed E-state index contributed by atoms with van der Waals surface area (Å²) in [5.41, 5.74) is 4.90. The minimum Gasteiger partial charge on any atom is -0.465 e. The maximum Gasteiger partial charge on any atom is 0.339 e. The van der Waals surface area contributed by atoms with Crippen LogP contribution < -0.4 is 0 Å². The molecule has 3 heteroatoms. The molecule has 18 heavy (non-hydrogen) atoms. The molecule has 1 heterocycles. The monoisotopic (exact) mass is 241 g/mol. The Kier molecular flexibility index (Phi) is 3.42. The van der Waals surface area contributed by atoms with Crippen LogP contribution in [-0.4, -0.2) is 18.1 Å². The van der Waals surface area contributed by atoms with Gasteiger partial charge < -0.3 is 4.74 Å². The van der Waals surface area contributed by atoms with Gasteiger partial charge in [-0.25, -0.2) is 4.79 Å². The average Bonchev–Trinajstić information content (AvgIpc) is 2.41. The molecule has 2 rings (SSSR count). The van der Waals surface area contributed by atoms with E-state index in [2.05, 4.69) is 31.0 Å². The van der Waals surface area contributed by atoms with Gasteiger partial charge in [-0.3, -0.25) is 4.98 Å². The number of hydrogen-bond donors (Lipinski definition) is 0. The fourth-order valence-electron chi connectivity index (χ4n) is 1.75. The van der Waals surface area contributed by atoms with Gasteiger partial charge in [0, 0.05) is 18.0 Å². The number of hydrogen-bond acceptors (Lipinski definition) is 3. The second kappa shape index (κ2) is 5.00. The third-order valence-electron chi connectivity index (χ3n) is 3.00. The number of pyridine rings is 1. The Morgan fingerprint density at radius 3 is 2.50 bits per heavy atom. The van der Waals surface area contributed by atoms with E-state index in [1.165, 1.54) is 24.4 Å². The molecule has 2 aromatic rings. The summed E-state index contributed by atoms with van der Waals surface area (Å²) in [6, 6.07) is 7.98. The Bertz CT molecular complexity index is 591. The highest BCUT2D eigenvalue weighted by atomic mass is 16.5. The number of rotatable bonds is 2. The lowest BCUT2D eigenvalue weighted by atomic mass is 10.0. The fraction of sp³-hybridized carbons (Fsp3) is 0.200. The van der Waals surface area contributed by atoms with E-state index in [1.807, 2.05) is 6.07 Å². The van der Waals surface area contributed by atoms with Gasteiger partial charge in [0.25, 0.3) is 0 Å². The van der Waals surface area contributed by atoms with Crippen LogP contribution in [0.4, 0.5) is 0 Å². The SMILES string of the molecule is COC(=O)c1cncc(-c2ccc(C)c(C)c2)c1. The molecule has 0 aliphatic carbocycles. The van der Waals surface area contributed by atoms with Crippen molar-refractivity contribution in [2.75, 3.05) is 7.11 Å². The highest BCUT2D eigenvalue weighted by molar-refractivity contribution is 5.90. The lowest BCUT2D eigenvalue weighted by molar-refractivity contribution is 0.0600. The minimum absolute atomic E-state index is 0.367. The number of benzene rings is 1. The van der Waals surface area contributed by atoms with Crippen molar-refractivity contribution in [1.82, 2.24) is 4.98 Å². The maximum absolute atomic E-state index is 11.5. The van der Waals surface area contributed by atoms with Crippen LogP contribution in [0.2, 0.25) is 0 Å². The smallest absolute Gasteiger partial charge is 0.339 e. The second-order valence-electron chi connectivity index (χ2n) is 4.25. The summed E-state index contributed by atoms with van der Waals surface area (Å²) in [4.78, 5) is 15.5. The number of methoxy groups -OCH3 is 1. The number of aromatic nitrogens is 1. The maximum atomic E-state index is 11.5. The van der Waals surface area contributed by atoms with Crippen LogP contribution in [0.1, 0.15) is 21.5 Å². The molecule has 0 radical (unpaired) electrons. The van der Waals surface area contributed by atoms with Gasteiger partial charge in [0.05, 0.1) is 12.7 Å². The van der Waals surface area contributed by atoms with Crippen LogP contribution in [0.5, 0.6) is 0 Å². The zero-order chi connectivity index (χ0) is 13.1. The van der Waals surface area contributed by atoms with Crippen LogP contribution >= 0.6 is 0 Å². The van der Waals surface area contributed by atoms with Gasteiger partial charge in [-0.15, -0.1) is 0 Å². The van der Waals surface area contributed by atoms with Crippen molar-refractivity contribution in [3.05, 3.63) is 53.3 Å². The number of carbonyl (C=O) groups excluding carboxylic acids is 1. The largest absolute Gasteiger partial charge is 0.465 e. The molecular weight excluding hydrogens is 226 g/mol. The predicted molar refractivity (Wildman–Crippen MR) is 70.5 cm³/mol. The fourth-order valence-corrected chi connectivity index (χ4v) is 1.75. The summed E-state index contributed by atoms with van der Waals surface area (Å²) in [7, 11) is 1.37. The Labute approximate surface area is 106 Å². The molecule has 0 spiro atoms. The highest BCUT2D eigenvalue weighted by Crippen LogP contribution is 2.22. The van der Waals surface area contributed by atoms with Crippen molar-refractivity contribution < 1.29 is 9.53 Å². The zero-order valence-corrected chi connectivity index (χ0v) is 10.7. The van der Waals surface area contributed by atoms with Gasteiger partial charge in [0.1, 0.15) is 0 Å². The van der Waals surface area contributed by atoms with Gasteiger partial charge in [0.15, 0.2) is 0 Å². The molecule has 0 N–H and O–H groups in total. The van der Waals surface area contributed by atoms with E-state index in [0.717, 1.165) is 11.1 Å². The summed E-state index contributed by atoms with van der Waals surface area (Å²) in [6.07, 6.45) is 3.26. The molecule has 0 saturated heterocycles. The van der Waals surface area contributed by atoms with Crippen molar-refractivity contribution in [2.45, 2.75) is 13.8 Å². The van der Waals surface area contributed by atoms with Crippen molar-refractivity contribution in [3.63, 3.8) is 0 Å². The summed E-state index contributed by atoms with van der Waals surface area (Å²) >= 11 is 0. The van der Waals surface area contributed by atoms with Crippen LogP contribution in [0.15, 0.2) is 36.7 Å². The molecule has 1 aromatic heterocycles. The quantitative estimate of drug-likeness (QED) is 0.758. The minimum atomic E-state index is -0.367. The Morgan fingerprint density at radius 1 is 1.06 bits per heavy atom. The first-order valence-corrected chi connectivity index (χ1v) is 5.73. The van der Waals surface area contributed by atoms with E-state index in [-0.39, 0.29) is 5.97 Å². The summed E-state index contributed by atoms with van der Waals surface area (Å²) in [6.45, 7) is 4.14. The molecule has 1 aromatic carbocycles. The van der Waals surface area contributed by atoms with Crippen molar-refractivity contribution in [3.8, 4) is 11.1 Å². The van der Waals surface area contributed by atoms with Gasteiger partial charge in [-0.2, -0.15) is 0 Å². The lowest BCUT2D eigenvalue weighted by Crippen LogP contribution is -2.01. The average molecular weight is 241 g/mol. The molecule has 0 aliphatic rings. The van der Waals surface area contributed by atoms with E-state index in [4.69, 9.17) is 4.74 Å². The molecule has 0 atom stereocenters. The first-order chi connectivity index (χ1) is 8.61. The molecular formula is C15H15NO2. The van der Waals surface area contributed by atoms with Gasteiger partial charge in [0.2, 0.25) is 0 Å². The second-order valence-corrected chi connectivity index (χ2v) is 4.25. The summed E-state index contributed by atoms with van der Waals surface area (Å²) in [5, 5.41) is 0. The molecule has 0 unspecified atom stereocenters. The standard InChI is InChI=1S/C15H15NO2/c1-10-4-5-12(6-11(10)2)13-7-14(9-16-8-13)15(17)18-3/h4-9H,1-3H3. The van der Waals surface area contributed by atoms with Gasteiger partial charge in [-0.05, 0) is 36.6 Å². The van der Waals surface area contributed by atoms with Gasteiger partial charge in [-0.1, -0.05) is 18.2 Å². The first kappa shape index (κ1) is 12.3. The van der Waals surface area contributed by atoms with E-state index in [9.17, 15) is 4.79 Å². The number of ether oxygens (including phenoxy) is 1. The van der Waals surface area contributed by atoms with Crippen molar-refractivity contribution in [1.29, 1.82) is 0 Å². The third kappa shape index (κ3) is 2.40. The molecule has 0 bridgehead atoms. The Balaban J connectivity index is 2.44. The molecule has 3 nitrogen and oxygen atoms in total. The van der Waals surface area contributed by atoms with Crippen LogP contribution in [0.25, 0.3) is 11.1 Å². The van der Waals surface area contributed by atoms with Crippen molar-refractivity contribution >= 4 is 5.97 Å². The molecule has 0 fully saturated rings. The normalized spacial score (nSPS) is 10.2. The Morgan fingerprint density at radius 2 is 1.83 bits per heavy atom. The summed E-state index contributed by atoms with van der Waals surface area (Å²) < 4.78 is 4.69. The van der Waals surface area contributed by atoms with Crippen LogP contribution in [0, 0.1) is 13.8 Å². The van der Waals surface area contributed by atoms with Crippen LogP contribution in [-0.2, 0) is 4.74 Å². The predicted octanol–water partition coefficient (Wildman–Crippen LogP) is 3.15. The van der Waals surface area contributed by atoms with E-state index < -0.39 is 0 Å². The molecule has 0 amide bonds. The van der Waals surface area contributed by atoms with E-state index in [0.29, 0.717) is 5.56 Å². The lowest BCUT2D eigenvalue weighted by Gasteiger charge is -2.06. The van der Waals surface area contributed by atoms with Gasteiger partial charge >= 0.3 is 5.97 Å². The topological polar surface area (TPSA) is 39.2 Å². The Hall–Kier alpha value is -2.16. The highest BCUT2D eigenvalue weighted by Gasteiger charge is 2.08. The number of aryl methyl sites for hydroxylation is 2. The molecule has 0 saturated carbocycles. The van der Waals surface area contributed by atoms with E-state index >= 15 is 0 Å². The van der Waals surface area contributed by atoms with Crippen LogP contribution in [0.3, 0.4) is 0 Å². The molecule has 0 aliphatic heterocycles. The number of esters is 1. The third-order valence-corrected chi connectivity index (χ3v) is 3.00. The molecule has 92 valence electrons. The number of nitrogens with zero attached hydrogens (tertiary/aromatic N) is 1.